The quantitative estimate of drug-likeness (QED) is 0.557. The van der Waals surface area contributed by atoms with Gasteiger partial charge in [0.1, 0.15) is 6.04 Å². The molecular weight excluding hydrogens is 451 g/mol. The minimum absolute atomic E-state index is 0.103. The second-order valence-electron chi connectivity index (χ2n) is 7.64. The van der Waals surface area contributed by atoms with Gasteiger partial charge in [-0.3, -0.25) is 4.79 Å². The van der Waals surface area contributed by atoms with E-state index in [9.17, 15) is 4.79 Å². The third-order valence-electron chi connectivity index (χ3n) is 5.76. The Hall–Kier alpha value is -3.03. The van der Waals surface area contributed by atoms with Crippen molar-refractivity contribution in [1.82, 2.24) is 14.8 Å². The summed E-state index contributed by atoms with van der Waals surface area (Å²) in [5, 5.41) is 9.06. The number of carbonyl (C=O) groups excluding carboxylic acids is 1. The smallest absolute Gasteiger partial charge is 0.226 e. The maximum Gasteiger partial charge on any atom is 0.226 e. The van der Waals surface area contributed by atoms with Gasteiger partial charge in [-0.25, -0.2) is 4.68 Å². The summed E-state index contributed by atoms with van der Waals surface area (Å²) < 4.78 is 12.6. The van der Waals surface area contributed by atoms with Gasteiger partial charge >= 0.3 is 0 Å². The molecule has 7 nitrogen and oxygen atoms in total. The van der Waals surface area contributed by atoms with Gasteiger partial charge in [0.05, 0.1) is 19.2 Å². The van der Waals surface area contributed by atoms with Crippen LogP contribution >= 0.6 is 23.2 Å². The molecule has 164 valence electrons. The molecule has 32 heavy (non-hydrogen) atoms. The van der Waals surface area contributed by atoms with Crippen LogP contribution in [0, 0.1) is 0 Å². The number of carbonyl (C=O) groups is 1. The van der Waals surface area contributed by atoms with Crippen LogP contribution in [0.25, 0.3) is 11.4 Å². The summed E-state index contributed by atoms with van der Waals surface area (Å²) in [5.41, 5.74) is 3.10. The standard InChI is InChI=1S/C23H20Cl2N4O3/c1-31-18-9-6-12(10-19(18)32-2)21-20-16(4-3-5-17(20)30)26-23-27-22(28-29(21)23)14-8-7-13(24)11-15(14)25/h6-11,21H,3-5H2,1-2H3,(H,26,27,28). The molecule has 1 atom stereocenters. The van der Waals surface area contributed by atoms with Crippen molar-refractivity contribution in [3.05, 3.63) is 63.3 Å². The summed E-state index contributed by atoms with van der Waals surface area (Å²) in [6.07, 6.45) is 2.08. The molecule has 1 aromatic heterocycles. The third kappa shape index (κ3) is 3.42. The number of methoxy groups -OCH3 is 2. The molecule has 2 aliphatic rings. The van der Waals surface area contributed by atoms with Crippen LogP contribution in [0.3, 0.4) is 0 Å². The lowest BCUT2D eigenvalue weighted by Crippen LogP contribution is -2.31. The fourth-order valence-electron chi connectivity index (χ4n) is 4.27. The maximum atomic E-state index is 13.0. The number of hydrogen-bond donors (Lipinski definition) is 1. The molecule has 1 N–H and O–H groups in total. The Kier molecular flexibility index (Phi) is 5.31. The molecule has 1 unspecified atom stereocenters. The van der Waals surface area contributed by atoms with Gasteiger partial charge in [-0.2, -0.15) is 4.98 Å². The molecule has 2 heterocycles. The van der Waals surface area contributed by atoms with Gasteiger partial charge in [-0.1, -0.05) is 29.3 Å². The average molecular weight is 471 g/mol. The predicted molar refractivity (Wildman–Crippen MR) is 123 cm³/mol. The zero-order valence-corrected chi connectivity index (χ0v) is 19.0. The number of ketones is 1. The lowest BCUT2D eigenvalue weighted by Gasteiger charge is -2.32. The zero-order chi connectivity index (χ0) is 22.4. The highest BCUT2D eigenvalue weighted by Gasteiger charge is 2.37. The van der Waals surface area contributed by atoms with Crippen molar-refractivity contribution >= 4 is 34.9 Å². The van der Waals surface area contributed by atoms with Crippen LogP contribution in [0.15, 0.2) is 47.7 Å². The Morgan fingerprint density at radius 1 is 1.06 bits per heavy atom. The minimum atomic E-state index is -0.443. The third-order valence-corrected chi connectivity index (χ3v) is 6.31. The summed E-state index contributed by atoms with van der Waals surface area (Å²) in [6, 6.07) is 10.4. The number of halogens is 2. The van der Waals surface area contributed by atoms with E-state index in [1.807, 2.05) is 18.2 Å². The molecular formula is C23H20Cl2N4O3. The van der Waals surface area contributed by atoms with Crippen molar-refractivity contribution in [2.24, 2.45) is 0 Å². The van der Waals surface area contributed by atoms with E-state index in [-0.39, 0.29) is 5.78 Å². The first-order valence-electron chi connectivity index (χ1n) is 10.2. The van der Waals surface area contributed by atoms with Crippen LogP contribution < -0.4 is 14.8 Å². The largest absolute Gasteiger partial charge is 0.493 e. The Bertz CT molecular complexity index is 1270. The molecule has 0 fully saturated rings. The Morgan fingerprint density at radius 3 is 2.62 bits per heavy atom. The van der Waals surface area contributed by atoms with Crippen LogP contribution in [-0.4, -0.2) is 34.8 Å². The second kappa shape index (κ2) is 8.15. The van der Waals surface area contributed by atoms with E-state index in [1.165, 1.54) is 0 Å². The van der Waals surface area contributed by atoms with Crippen LogP contribution in [-0.2, 0) is 4.79 Å². The number of rotatable bonds is 4. The lowest BCUT2D eigenvalue weighted by molar-refractivity contribution is -0.116. The number of allylic oxidation sites excluding steroid dienone is 2. The van der Waals surface area contributed by atoms with E-state index in [4.69, 9.17) is 42.8 Å². The number of nitrogens with one attached hydrogen (secondary N) is 1. The van der Waals surface area contributed by atoms with E-state index in [0.29, 0.717) is 50.9 Å². The van der Waals surface area contributed by atoms with Gasteiger partial charge in [-0.15, -0.1) is 5.10 Å². The van der Waals surface area contributed by atoms with Crippen LogP contribution in [0.2, 0.25) is 10.0 Å². The highest BCUT2D eigenvalue weighted by molar-refractivity contribution is 6.36. The summed E-state index contributed by atoms with van der Waals surface area (Å²) in [6.45, 7) is 0. The van der Waals surface area contributed by atoms with Gasteiger partial charge in [0.15, 0.2) is 23.1 Å². The highest BCUT2D eigenvalue weighted by Crippen LogP contribution is 2.43. The average Bonchev–Trinajstić information content (AvgIpc) is 3.20. The number of ether oxygens (including phenoxy) is 2. The molecule has 0 saturated heterocycles. The van der Waals surface area contributed by atoms with Crippen molar-refractivity contribution < 1.29 is 14.3 Å². The molecule has 0 saturated carbocycles. The summed E-state index contributed by atoms with van der Waals surface area (Å²) >= 11 is 12.5. The number of hydrogen-bond acceptors (Lipinski definition) is 6. The fraction of sp³-hybridized carbons (Fsp3) is 0.261. The van der Waals surface area contributed by atoms with Crippen LogP contribution in [0.1, 0.15) is 30.9 Å². The molecule has 0 radical (unpaired) electrons. The van der Waals surface area contributed by atoms with Gasteiger partial charge in [0, 0.05) is 28.3 Å². The maximum absolute atomic E-state index is 13.0. The van der Waals surface area contributed by atoms with Gasteiger partial charge in [0.25, 0.3) is 0 Å². The van der Waals surface area contributed by atoms with Crippen LogP contribution in [0.4, 0.5) is 5.95 Å². The van der Waals surface area contributed by atoms with Crippen molar-refractivity contribution in [2.45, 2.75) is 25.3 Å². The Labute approximate surface area is 195 Å². The van der Waals surface area contributed by atoms with E-state index in [1.54, 1.807) is 37.1 Å². The van der Waals surface area contributed by atoms with Crippen molar-refractivity contribution in [3.63, 3.8) is 0 Å². The molecule has 0 bridgehead atoms. The summed E-state index contributed by atoms with van der Waals surface area (Å²) in [7, 11) is 3.17. The highest BCUT2D eigenvalue weighted by atomic mass is 35.5. The van der Waals surface area contributed by atoms with Gasteiger partial charge < -0.3 is 14.8 Å². The Morgan fingerprint density at radius 2 is 1.88 bits per heavy atom. The zero-order valence-electron chi connectivity index (χ0n) is 17.5. The molecule has 0 spiro atoms. The predicted octanol–water partition coefficient (Wildman–Crippen LogP) is 5.29. The van der Waals surface area contributed by atoms with Crippen molar-refractivity contribution in [1.29, 1.82) is 0 Å². The Balaban J connectivity index is 1.68. The summed E-state index contributed by atoms with van der Waals surface area (Å²) in [5.74, 6) is 2.30. The number of benzene rings is 2. The first-order valence-corrected chi connectivity index (χ1v) is 10.9. The molecule has 9 heteroatoms. The molecule has 5 rings (SSSR count). The molecule has 1 aliphatic carbocycles. The topological polar surface area (TPSA) is 78.3 Å². The minimum Gasteiger partial charge on any atom is -0.493 e. The van der Waals surface area contributed by atoms with E-state index >= 15 is 0 Å². The number of Topliss-reactive ketones (excluding diaryl/α,β-unsaturated/α-hetero) is 1. The second-order valence-corrected chi connectivity index (χ2v) is 8.48. The van der Waals surface area contributed by atoms with Crippen molar-refractivity contribution in [2.75, 3.05) is 19.5 Å². The normalized spacial score (nSPS) is 17.5. The molecule has 0 amide bonds. The van der Waals surface area contributed by atoms with E-state index in [0.717, 1.165) is 24.1 Å². The molecule has 3 aromatic rings. The van der Waals surface area contributed by atoms with E-state index < -0.39 is 6.04 Å². The fourth-order valence-corrected chi connectivity index (χ4v) is 4.77. The van der Waals surface area contributed by atoms with E-state index in [2.05, 4.69) is 5.32 Å². The summed E-state index contributed by atoms with van der Waals surface area (Å²) in [4.78, 5) is 17.7. The number of nitrogens with zero attached hydrogens (tertiary/aromatic N) is 3. The monoisotopic (exact) mass is 470 g/mol. The van der Waals surface area contributed by atoms with Crippen LogP contribution in [0.5, 0.6) is 11.5 Å². The first kappa shape index (κ1) is 20.8. The van der Waals surface area contributed by atoms with Gasteiger partial charge in [0.2, 0.25) is 5.95 Å². The first-order chi connectivity index (χ1) is 15.5. The molecule has 1 aliphatic heterocycles. The number of fused-ring (bicyclic) bond motifs is 1. The molecule has 2 aromatic carbocycles. The van der Waals surface area contributed by atoms with Gasteiger partial charge in [-0.05, 0) is 48.7 Å². The SMILES string of the molecule is COc1ccc(C2C3=C(CCCC3=O)Nc3nc(-c4ccc(Cl)cc4Cl)nn32)cc1OC. The van der Waals surface area contributed by atoms with Crippen molar-refractivity contribution in [3.8, 4) is 22.9 Å². The lowest BCUT2D eigenvalue weighted by atomic mass is 9.85. The number of anilines is 1. The number of aromatic nitrogens is 3.